The number of carbonyl (C=O) groups excluding carboxylic acids is 1. The molecule has 0 fully saturated rings. The van der Waals surface area contributed by atoms with Gasteiger partial charge in [-0.1, -0.05) is 26.8 Å². The van der Waals surface area contributed by atoms with Crippen molar-refractivity contribution in [3.8, 4) is 0 Å². The molecule has 0 atom stereocenters. The Bertz CT molecular complexity index is 197. The van der Waals surface area contributed by atoms with Crippen molar-refractivity contribution in [3.63, 3.8) is 0 Å². The Morgan fingerprint density at radius 2 is 2.00 bits per heavy atom. The van der Waals surface area contributed by atoms with Gasteiger partial charge in [0.15, 0.2) is 0 Å². The molecule has 0 aromatic heterocycles. The van der Waals surface area contributed by atoms with Gasteiger partial charge in [-0.05, 0) is 13.3 Å². The molecule has 0 heterocycles. The molecule has 0 aliphatic rings. The average Bonchev–Trinajstić information content (AvgIpc) is 2.12. The van der Waals surface area contributed by atoms with E-state index >= 15 is 0 Å². The first-order valence-electron chi connectivity index (χ1n) is 5.26. The number of nitrogens with one attached hydrogen (secondary N) is 2. The molecule has 0 spiro atoms. The number of allylic oxidation sites excluding steroid dienone is 1. The maximum atomic E-state index is 11.4. The summed E-state index contributed by atoms with van der Waals surface area (Å²) in [6, 6.07) is 0.471. The molecule has 0 saturated carbocycles. The zero-order chi connectivity index (χ0) is 11.0. The fourth-order valence-corrected chi connectivity index (χ4v) is 1.08. The zero-order valence-corrected chi connectivity index (χ0v) is 9.68. The van der Waals surface area contributed by atoms with Crippen LogP contribution in [0.5, 0.6) is 0 Å². The highest BCUT2D eigenvalue weighted by molar-refractivity contribution is 5.92. The van der Waals surface area contributed by atoms with Gasteiger partial charge in [0.05, 0.1) is 0 Å². The number of hydrogen-bond donors (Lipinski definition) is 2. The number of hydrogen-bond acceptors (Lipinski definition) is 2. The van der Waals surface area contributed by atoms with Crippen molar-refractivity contribution in [2.24, 2.45) is 0 Å². The molecule has 3 heteroatoms. The van der Waals surface area contributed by atoms with Crippen molar-refractivity contribution in [1.29, 1.82) is 0 Å². The van der Waals surface area contributed by atoms with E-state index in [1.807, 2.05) is 19.9 Å². The predicted molar refractivity (Wildman–Crippen MR) is 60.2 cm³/mol. The highest BCUT2D eigenvalue weighted by atomic mass is 16.1. The lowest BCUT2D eigenvalue weighted by Crippen LogP contribution is -2.34. The quantitative estimate of drug-likeness (QED) is 0.501. The largest absolute Gasteiger partial charge is 0.351 e. The summed E-state index contributed by atoms with van der Waals surface area (Å²) in [6.45, 7) is 9.55. The van der Waals surface area contributed by atoms with E-state index in [2.05, 4.69) is 24.5 Å². The summed E-state index contributed by atoms with van der Waals surface area (Å²) >= 11 is 0. The lowest BCUT2D eigenvalue weighted by atomic mass is 10.2. The Kier molecular flexibility index (Phi) is 7.11. The monoisotopic (exact) mass is 198 g/mol. The van der Waals surface area contributed by atoms with Gasteiger partial charge in [-0.15, -0.1) is 0 Å². The summed E-state index contributed by atoms with van der Waals surface area (Å²) < 4.78 is 0. The van der Waals surface area contributed by atoms with E-state index in [-0.39, 0.29) is 5.91 Å². The third kappa shape index (κ3) is 6.66. The van der Waals surface area contributed by atoms with Crippen LogP contribution in [0, 0.1) is 0 Å². The number of amides is 1. The van der Waals surface area contributed by atoms with Gasteiger partial charge in [-0.3, -0.25) is 4.79 Å². The van der Waals surface area contributed by atoms with Crippen LogP contribution in [-0.2, 0) is 4.79 Å². The second kappa shape index (κ2) is 7.56. The lowest BCUT2D eigenvalue weighted by molar-refractivity contribution is -0.117. The summed E-state index contributed by atoms with van der Waals surface area (Å²) in [6.07, 6.45) is 2.84. The summed E-state index contributed by atoms with van der Waals surface area (Å²) in [5, 5.41) is 6.09. The minimum atomic E-state index is 0.0393. The van der Waals surface area contributed by atoms with Crippen LogP contribution in [0.15, 0.2) is 11.6 Å². The molecule has 0 aromatic carbocycles. The molecule has 1 amide bonds. The van der Waals surface area contributed by atoms with Crippen molar-refractivity contribution in [2.75, 3.05) is 13.1 Å². The molecular formula is C11H22N2O. The van der Waals surface area contributed by atoms with Gasteiger partial charge in [0.2, 0.25) is 5.91 Å². The van der Waals surface area contributed by atoms with E-state index in [1.165, 1.54) is 0 Å². The topological polar surface area (TPSA) is 41.1 Å². The summed E-state index contributed by atoms with van der Waals surface area (Å²) in [5.41, 5.74) is 0.803. The second-order valence-corrected chi connectivity index (χ2v) is 3.66. The molecule has 2 N–H and O–H groups in total. The molecule has 3 nitrogen and oxygen atoms in total. The van der Waals surface area contributed by atoms with Crippen molar-refractivity contribution >= 4 is 5.91 Å². The van der Waals surface area contributed by atoms with Gasteiger partial charge >= 0.3 is 0 Å². The van der Waals surface area contributed by atoms with Crippen LogP contribution in [-0.4, -0.2) is 25.0 Å². The fraction of sp³-hybridized carbons (Fsp3) is 0.727. The Hall–Kier alpha value is -0.830. The third-order valence-electron chi connectivity index (χ3n) is 1.83. The summed E-state index contributed by atoms with van der Waals surface area (Å²) in [4.78, 5) is 11.4. The van der Waals surface area contributed by atoms with Gasteiger partial charge < -0.3 is 10.6 Å². The van der Waals surface area contributed by atoms with Crippen LogP contribution >= 0.6 is 0 Å². The summed E-state index contributed by atoms with van der Waals surface area (Å²) in [5.74, 6) is 0.0393. The number of rotatable bonds is 6. The van der Waals surface area contributed by atoms with Crippen molar-refractivity contribution in [3.05, 3.63) is 11.6 Å². The Morgan fingerprint density at radius 3 is 2.50 bits per heavy atom. The van der Waals surface area contributed by atoms with E-state index in [4.69, 9.17) is 0 Å². The van der Waals surface area contributed by atoms with Crippen LogP contribution in [0.4, 0.5) is 0 Å². The highest BCUT2D eigenvalue weighted by Crippen LogP contribution is 1.93. The van der Waals surface area contributed by atoms with Crippen LogP contribution in [0.25, 0.3) is 0 Å². The molecule has 0 aromatic rings. The Labute approximate surface area is 87.0 Å². The van der Waals surface area contributed by atoms with Crippen molar-refractivity contribution < 1.29 is 4.79 Å². The molecule has 0 saturated heterocycles. The summed E-state index contributed by atoms with van der Waals surface area (Å²) in [7, 11) is 0. The van der Waals surface area contributed by atoms with Crippen LogP contribution in [0.3, 0.4) is 0 Å². The molecule has 82 valence electrons. The van der Waals surface area contributed by atoms with Crippen LogP contribution < -0.4 is 10.6 Å². The van der Waals surface area contributed by atoms with Crippen molar-refractivity contribution in [2.45, 2.75) is 40.2 Å². The average molecular weight is 198 g/mol. The smallest absolute Gasteiger partial charge is 0.246 e. The zero-order valence-electron chi connectivity index (χ0n) is 9.68. The molecule has 0 aliphatic carbocycles. The van der Waals surface area contributed by atoms with E-state index in [0.717, 1.165) is 18.5 Å². The van der Waals surface area contributed by atoms with E-state index < -0.39 is 0 Å². The molecule has 0 radical (unpaired) electrons. The highest BCUT2D eigenvalue weighted by Gasteiger charge is 2.01. The van der Waals surface area contributed by atoms with Gasteiger partial charge in [-0.25, -0.2) is 0 Å². The molecule has 0 unspecified atom stereocenters. The van der Waals surface area contributed by atoms with Crippen molar-refractivity contribution in [1.82, 2.24) is 10.6 Å². The molecule has 0 bridgehead atoms. The first-order valence-corrected chi connectivity index (χ1v) is 5.26. The molecule has 0 aliphatic heterocycles. The SMILES string of the molecule is CCC=C(C)C(=O)NCCNC(C)C. The van der Waals surface area contributed by atoms with Gasteiger partial charge in [0, 0.05) is 24.7 Å². The lowest BCUT2D eigenvalue weighted by Gasteiger charge is -2.09. The Morgan fingerprint density at radius 1 is 1.36 bits per heavy atom. The first-order chi connectivity index (χ1) is 6.57. The predicted octanol–water partition coefficient (Wildman–Crippen LogP) is 1.46. The maximum absolute atomic E-state index is 11.4. The maximum Gasteiger partial charge on any atom is 0.246 e. The Balaban J connectivity index is 3.59. The van der Waals surface area contributed by atoms with E-state index in [0.29, 0.717) is 12.6 Å². The third-order valence-corrected chi connectivity index (χ3v) is 1.83. The van der Waals surface area contributed by atoms with Gasteiger partial charge in [0.1, 0.15) is 0 Å². The normalized spacial score (nSPS) is 11.9. The van der Waals surface area contributed by atoms with Crippen LogP contribution in [0.2, 0.25) is 0 Å². The van der Waals surface area contributed by atoms with Crippen LogP contribution in [0.1, 0.15) is 34.1 Å². The first kappa shape index (κ1) is 13.2. The molecule has 0 rings (SSSR count). The van der Waals surface area contributed by atoms with Gasteiger partial charge in [-0.2, -0.15) is 0 Å². The fourth-order valence-electron chi connectivity index (χ4n) is 1.08. The second-order valence-electron chi connectivity index (χ2n) is 3.66. The minimum absolute atomic E-state index is 0.0393. The molecular weight excluding hydrogens is 176 g/mol. The van der Waals surface area contributed by atoms with E-state index in [9.17, 15) is 4.79 Å². The van der Waals surface area contributed by atoms with Gasteiger partial charge in [0.25, 0.3) is 0 Å². The molecule has 14 heavy (non-hydrogen) atoms. The standard InChI is InChI=1S/C11H22N2O/c1-5-6-10(4)11(14)13-8-7-12-9(2)3/h6,9,12H,5,7-8H2,1-4H3,(H,13,14). The van der Waals surface area contributed by atoms with E-state index in [1.54, 1.807) is 0 Å². The minimum Gasteiger partial charge on any atom is -0.351 e. The number of carbonyl (C=O) groups is 1.